The third-order valence-corrected chi connectivity index (χ3v) is 2.47. The van der Waals surface area contributed by atoms with Gasteiger partial charge in [-0.1, -0.05) is 6.07 Å². The maximum absolute atomic E-state index is 11.9. The van der Waals surface area contributed by atoms with Crippen LogP contribution in [0.25, 0.3) is 0 Å². The molecule has 0 aliphatic carbocycles. The number of anilines is 2. The van der Waals surface area contributed by atoms with Crippen molar-refractivity contribution in [3.05, 3.63) is 47.9 Å². The molecule has 0 fully saturated rings. The smallest absolute Gasteiger partial charge is 0.316 e. The Morgan fingerprint density at radius 2 is 1.80 bits per heavy atom. The minimum Gasteiger partial charge on any atom is -0.455 e. The number of hydrogen-bond acceptors (Lipinski definition) is 4. The first-order valence-electron chi connectivity index (χ1n) is 5.85. The van der Waals surface area contributed by atoms with Crippen molar-refractivity contribution in [2.24, 2.45) is 11.5 Å². The highest BCUT2D eigenvalue weighted by Crippen LogP contribution is 2.16. The Morgan fingerprint density at radius 1 is 1.10 bits per heavy atom. The van der Waals surface area contributed by atoms with Gasteiger partial charge < -0.3 is 26.5 Å². The summed E-state index contributed by atoms with van der Waals surface area (Å²) in [6, 6.07) is 9.09. The van der Waals surface area contributed by atoms with Gasteiger partial charge in [-0.25, -0.2) is 4.79 Å². The van der Waals surface area contributed by atoms with Crippen LogP contribution < -0.4 is 22.1 Å². The molecule has 1 aromatic carbocycles. The van der Waals surface area contributed by atoms with Gasteiger partial charge in [-0.05, 0) is 30.3 Å². The first-order valence-corrected chi connectivity index (χ1v) is 5.85. The Labute approximate surface area is 114 Å². The quantitative estimate of drug-likeness (QED) is 0.674. The van der Waals surface area contributed by atoms with Crippen LogP contribution in [0.1, 0.15) is 16.3 Å². The van der Waals surface area contributed by atoms with Crippen LogP contribution in [0.2, 0.25) is 0 Å². The SMILES string of the molecule is NCc1ccc(C(=O)Nc2cccc(NC(N)=O)c2)o1. The van der Waals surface area contributed by atoms with E-state index in [2.05, 4.69) is 10.6 Å². The van der Waals surface area contributed by atoms with E-state index in [4.69, 9.17) is 15.9 Å². The summed E-state index contributed by atoms with van der Waals surface area (Å²) in [7, 11) is 0. The Bertz CT molecular complexity index is 636. The molecule has 0 atom stereocenters. The molecule has 0 bridgehead atoms. The van der Waals surface area contributed by atoms with E-state index in [0.717, 1.165) is 0 Å². The van der Waals surface area contributed by atoms with Crippen molar-refractivity contribution in [3.63, 3.8) is 0 Å². The number of hydrogen-bond donors (Lipinski definition) is 4. The average molecular weight is 274 g/mol. The summed E-state index contributed by atoms with van der Waals surface area (Å²) >= 11 is 0. The first kappa shape index (κ1) is 13.6. The van der Waals surface area contributed by atoms with Crippen LogP contribution in [-0.2, 0) is 6.54 Å². The number of primary amides is 1. The Morgan fingerprint density at radius 3 is 2.40 bits per heavy atom. The van der Waals surface area contributed by atoms with Crippen LogP contribution in [0.4, 0.5) is 16.2 Å². The van der Waals surface area contributed by atoms with Crippen molar-refractivity contribution in [3.8, 4) is 0 Å². The molecule has 6 N–H and O–H groups in total. The summed E-state index contributed by atoms with van der Waals surface area (Å²) in [6.45, 7) is 0.227. The van der Waals surface area contributed by atoms with Crippen molar-refractivity contribution >= 4 is 23.3 Å². The minimum atomic E-state index is -0.674. The second kappa shape index (κ2) is 5.89. The molecule has 0 aliphatic rings. The second-order valence-electron chi connectivity index (χ2n) is 3.99. The lowest BCUT2D eigenvalue weighted by Gasteiger charge is -2.06. The molecular formula is C13H14N4O3. The van der Waals surface area contributed by atoms with E-state index in [-0.39, 0.29) is 12.3 Å². The highest BCUT2D eigenvalue weighted by Gasteiger charge is 2.11. The molecule has 7 heteroatoms. The molecule has 0 unspecified atom stereocenters. The van der Waals surface area contributed by atoms with Gasteiger partial charge in [-0.3, -0.25) is 4.79 Å². The van der Waals surface area contributed by atoms with E-state index in [0.29, 0.717) is 17.1 Å². The number of carbonyl (C=O) groups excluding carboxylic acids is 2. The summed E-state index contributed by atoms with van der Waals surface area (Å²) in [6.07, 6.45) is 0. The number of amides is 3. The zero-order valence-corrected chi connectivity index (χ0v) is 10.6. The monoisotopic (exact) mass is 274 g/mol. The normalized spacial score (nSPS) is 10.1. The number of furan rings is 1. The molecule has 0 aliphatic heterocycles. The van der Waals surface area contributed by atoms with Crippen LogP contribution in [-0.4, -0.2) is 11.9 Å². The van der Waals surface area contributed by atoms with Gasteiger partial charge in [0.15, 0.2) is 5.76 Å². The molecule has 2 rings (SSSR count). The summed E-state index contributed by atoms with van der Waals surface area (Å²) < 4.78 is 5.23. The minimum absolute atomic E-state index is 0.165. The molecule has 7 nitrogen and oxygen atoms in total. The summed E-state index contributed by atoms with van der Waals surface area (Å²) in [4.78, 5) is 22.7. The molecule has 0 spiro atoms. The fraction of sp³-hybridized carbons (Fsp3) is 0.0769. The molecule has 0 saturated carbocycles. The lowest BCUT2D eigenvalue weighted by molar-refractivity contribution is 0.0995. The van der Waals surface area contributed by atoms with Crippen molar-refractivity contribution < 1.29 is 14.0 Å². The van der Waals surface area contributed by atoms with E-state index in [1.807, 2.05) is 0 Å². The van der Waals surface area contributed by atoms with Crippen molar-refractivity contribution in [2.75, 3.05) is 10.6 Å². The van der Waals surface area contributed by atoms with Crippen molar-refractivity contribution in [1.82, 2.24) is 0 Å². The molecule has 2 aromatic rings. The van der Waals surface area contributed by atoms with Crippen LogP contribution in [0, 0.1) is 0 Å². The number of carbonyl (C=O) groups is 2. The van der Waals surface area contributed by atoms with Gasteiger partial charge in [0.05, 0.1) is 6.54 Å². The number of rotatable bonds is 4. The fourth-order valence-corrected chi connectivity index (χ4v) is 1.62. The maximum Gasteiger partial charge on any atom is 0.316 e. The van der Waals surface area contributed by atoms with Crippen LogP contribution in [0.5, 0.6) is 0 Å². The highest BCUT2D eigenvalue weighted by molar-refractivity contribution is 6.02. The predicted molar refractivity (Wildman–Crippen MR) is 74.2 cm³/mol. The Balaban J connectivity index is 2.09. The molecule has 0 radical (unpaired) electrons. The van der Waals surface area contributed by atoms with E-state index in [9.17, 15) is 9.59 Å². The van der Waals surface area contributed by atoms with Crippen molar-refractivity contribution in [2.45, 2.75) is 6.54 Å². The van der Waals surface area contributed by atoms with Gasteiger partial charge in [0.2, 0.25) is 0 Å². The molecule has 3 amide bonds. The molecular weight excluding hydrogens is 260 g/mol. The first-order chi connectivity index (χ1) is 9.58. The van der Waals surface area contributed by atoms with Gasteiger partial charge in [0.25, 0.3) is 5.91 Å². The Hall–Kier alpha value is -2.80. The van der Waals surface area contributed by atoms with Crippen LogP contribution in [0.15, 0.2) is 40.8 Å². The van der Waals surface area contributed by atoms with E-state index in [1.54, 1.807) is 36.4 Å². The van der Waals surface area contributed by atoms with Gasteiger partial charge in [0, 0.05) is 11.4 Å². The topological polar surface area (TPSA) is 123 Å². The largest absolute Gasteiger partial charge is 0.455 e. The summed E-state index contributed by atoms with van der Waals surface area (Å²) in [5.74, 6) is 0.291. The van der Waals surface area contributed by atoms with Gasteiger partial charge >= 0.3 is 6.03 Å². The molecule has 20 heavy (non-hydrogen) atoms. The van der Waals surface area contributed by atoms with Crippen LogP contribution >= 0.6 is 0 Å². The second-order valence-corrected chi connectivity index (χ2v) is 3.99. The third kappa shape index (κ3) is 3.36. The summed E-state index contributed by atoms with van der Waals surface area (Å²) in [5.41, 5.74) is 11.4. The lowest BCUT2D eigenvalue weighted by Crippen LogP contribution is -2.19. The predicted octanol–water partition coefficient (Wildman–Crippen LogP) is 1.48. The zero-order chi connectivity index (χ0) is 14.5. The van der Waals surface area contributed by atoms with E-state index in [1.165, 1.54) is 0 Å². The van der Waals surface area contributed by atoms with Gasteiger partial charge in [-0.2, -0.15) is 0 Å². The maximum atomic E-state index is 11.9. The molecule has 0 saturated heterocycles. The molecule has 1 aromatic heterocycles. The number of nitrogens with two attached hydrogens (primary N) is 2. The van der Waals surface area contributed by atoms with Gasteiger partial charge in [-0.15, -0.1) is 0 Å². The Kier molecular flexibility index (Phi) is 4.02. The van der Waals surface area contributed by atoms with Crippen LogP contribution in [0.3, 0.4) is 0 Å². The number of urea groups is 1. The van der Waals surface area contributed by atoms with E-state index >= 15 is 0 Å². The lowest BCUT2D eigenvalue weighted by atomic mass is 10.2. The zero-order valence-electron chi connectivity index (χ0n) is 10.6. The fourth-order valence-electron chi connectivity index (χ4n) is 1.62. The molecule has 1 heterocycles. The summed E-state index contributed by atoms with van der Waals surface area (Å²) in [5, 5.41) is 5.06. The molecule has 104 valence electrons. The third-order valence-electron chi connectivity index (χ3n) is 2.47. The highest BCUT2D eigenvalue weighted by atomic mass is 16.4. The average Bonchev–Trinajstić information content (AvgIpc) is 2.87. The number of nitrogens with one attached hydrogen (secondary N) is 2. The van der Waals surface area contributed by atoms with Gasteiger partial charge in [0.1, 0.15) is 5.76 Å². The van der Waals surface area contributed by atoms with E-state index < -0.39 is 11.9 Å². The van der Waals surface area contributed by atoms with Crippen molar-refractivity contribution in [1.29, 1.82) is 0 Å². The number of benzene rings is 1. The standard InChI is InChI=1S/C13H14N4O3/c14-7-10-4-5-11(20-10)12(18)16-8-2-1-3-9(6-8)17-13(15)19/h1-6H,7,14H2,(H,16,18)(H3,15,17,19).